The molecule has 1 aliphatic rings. The van der Waals surface area contributed by atoms with Crippen molar-refractivity contribution in [3.8, 4) is 5.75 Å². The van der Waals surface area contributed by atoms with Gasteiger partial charge in [-0.3, -0.25) is 4.79 Å². The van der Waals surface area contributed by atoms with Gasteiger partial charge in [-0.25, -0.2) is 0 Å². The Balaban J connectivity index is 2.04. The molecule has 1 amide bonds. The van der Waals surface area contributed by atoms with Crippen LogP contribution >= 0.6 is 0 Å². The van der Waals surface area contributed by atoms with Crippen molar-refractivity contribution in [3.05, 3.63) is 29.8 Å². The summed E-state index contributed by atoms with van der Waals surface area (Å²) in [4.78, 5) is 16.5. The molecule has 0 spiro atoms. The third-order valence-electron chi connectivity index (χ3n) is 3.32. The van der Waals surface area contributed by atoms with Crippen molar-refractivity contribution < 1.29 is 9.53 Å². The smallest absolute Gasteiger partial charge is 0.257 e. The molecule has 1 heterocycles. The number of rotatable bonds is 5. The summed E-state index contributed by atoms with van der Waals surface area (Å²) in [7, 11) is 4.00. The second-order valence-corrected chi connectivity index (χ2v) is 5.19. The summed E-state index contributed by atoms with van der Waals surface area (Å²) in [6.07, 6.45) is 0. The van der Waals surface area contributed by atoms with Crippen LogP contribution in [0.25, 0.3) is 0 Å². The summed E-state index contributed by atoms with van der Waals surface area (Å²) >= 11 is 0. The third-order valence-corrected chi connectivity index (χ3v) is 3.32. The fourth-order valence-electron chi connectivity index (χ4n) is 2.15. The van der Waals surface area contributed by atoms with Crippen molar-refractivity contribution in [2.75, 3.05) is 53.4 Å². The average Bonchev–Trinajstić information content (AvgIpc) is 2.47. The molecule has 2 rings (SSSR count). The van der Waals surface area contributed by atoms with Crippen LogP contribution in [0.3, 0.4) is 0 Å². The van der Waals surface area contributed by atoms with Crippen LogP contribution in [0, 0.1) is 0 Å². The standard InChI is InChI=1S/C15H23N3O2/c1-17(2)11-12-20-14-6-4-3-5-13(14)15(19)18-9-7-16-8-10-18/h3-6,16H,7-12H2,1-2H3. The van der Waals surface area contributed by atoms with Gasteiger partial charge < -0.3 is 19.9 Å². The summed E-state index contributed by atoms with van der Waals surface area (Å²) in [6, 6.07) is 7.49. The molecule has 5 heteroatoms. The Morgan fingerprint density at radius 1 is 1.30 bits per heavy atom. The molecule has 1 saturated heterocycles. The molecule has 1 aromatic carbocycles. The number of likely N-dealkylation sites (N-methyl/N-ethyl adjacent to an activating group) is 1. The quantitative estimate of drug-likeness (QED) is 0.859. The number of benzene rings is 1. The monoisotopic (exact) mass is 277 g/mol. The first-order chi connectivity index (χ1) is 9.68. The number of carbonyl (C=O) groups is 1. The maximum Gasteiger partial charge on any atom is 0.257 e. The highest BCUT2D eigenvalue weighted by Crippen LogP contribution is 2.20. The molecule has 1 aliphatic heterocycles. The Morgan fingerprint density at radius 2 is 2.00 bits per heavy atom. The van der Waals surface area contributed by atoms with E-state index in [4.69, 9.17) is 4.74 Å². The first-order valence-corrected chi connectivity index (χ1v) is 7.05. The molecule has 0 atom stereocenters. The SMILES string of the molecule is CN(C)CCOc1ccccc1C(=O)N1CCNCC1. The molecular weight excluding hydrogens is 254 g/mol. The summed E-state index contributed by atoms with van der Waals surface area (Å²) in [6.45, 7) is 4.63. The highest BCUT2D eigenvalue weighted by Gasteiger charge is 2.20. The van der Waals surface area contributed by atoms with Gasteiger partial charge in [0.25, 0.3) is 5.91 Å². The van der Waals surface area contributed by atoms with Crippen LogP contribution in [0.15, 0.2) is 24.3 Å². The van der Waals surface area contributed by atoms with Crippen LogP contribution in [-0.4, -0.2) is 69.1 Å². The van der Waals surface area contributed by atoms with E-state index in [9.17, 15) is 4.79 Å². The Hall–Kier alpha value is -1.59. The average molecular weight is 277 g/mol. The Bertz CT molecular complexity index is 442. The zero-order valence-corrected chi connectivity index (χ0v) is 12.3. The third kappa shape index (κ3) is 3.95. The molecule has 0 saturated carbocycles. The maximum absolute atomic E-state index is 12.5. The van der Waals surface area contributed by atoms with E-state index in [1.54, 1.807) is 0 Å². The molecule has 1 fully saturated rings. The van der Waals surface area contributed by atoms with Gasteiger partial charge in [0.05, 0.1) is 5.56 Å². The van der Waals surface area contributed by atoms with Gasteiger partial charge in [0.1, 0.15) is 12.4 Å². The molecule has 1 aromatic rings. The van der Waals surface area contributed by atoms with Gasteiger partial charge in [0.2, 0.25) is 0 Å². The number of ether oxygens (including phenoxy) is 1. The normalized spacial score (nSPS) is 15.4. The lowest BCUT2D eigenvalue weighted by Crippen LogP contribution is -2.46. The van der Waals surface area contributed by atoms with Crippen molar-refractivity contribution in [1.29, 1.82) is 0 Å². The van der Waals surface area contributed by atoms with Crippen molar-refractivity contribution in [2.45, 2.75) is 0 Å². The summed E-state index contributed by atoms with van der Waals surface area (Å²) < 4.78 is 5.76. The minimum Gasteiger partial charge on any atom is -0.491 e. The maximum atomic E-state index is 12.5. The number of hydrogen-bond acceptors (Lipinski definition) is 4. The molecular formula is C15H23N3O2. The molecule has 110 valence electrons. The minimum absolute atomic E-state index is 0.0620. The van der Waals surface area contributed by atoms with E-state index in [0.717, 1.165) is 32.7 Å². The fraction of sp³-hybridized carbons (Fsp3) is 0.533. The first kappa shape index (κ1) is 14.8. The van der Waals surface area contributed by atoms with Gasteiger partial charge in [-0.15, -0.1) is 0 Å². The zero-order chi connectivity index (χ0) is 14.4. The molecule has 20 heavy (non-hydrogen) atoms. The Kier molecular flexibility index (Phi) is 5.38. The molecule has 0 aromatic heterocycles. The van der Waals surface area contributed by atoms with Gasteiger partial charge in [0, 0.05) is 32.7 Å². The predicted octanol–water partition coefficient (Wildman–Crippen LogP) is 0.672. The van der Waals surface area contributed by atoms with E-state index in [1.165, 1.54) is 0 Å². The number of hydrogen-bond donors (Lipinski definition) is 1. The van der Waals surface area contributed by atoms with Crippen LogP contribution in [0.5, 0.6) is 5.75 Å². The number of nitrogens with zero attached hydrogens (tertiary/aromatic N) is 2. The molecule has 0 bridgehead atoms. The minimum atomic E-state index is 0.0620. The van der Waals surface area contributed by atoms with Crippen molar-refractivity contribution >= 4 is 5.91 Å². The number of piperazine rings is 1. The first-order valence-electron chi connectivity index (χ1n) is 7.05. The number of nitrogens with one attached hydrogen (secondary N) is 1. The Morgan fingerprint density at radius 3 is 2.70 bits per heavy atom. The van der Waals surface area contributed by atoms with Gasteiger partial charge in [-0.1, -0.05) is 12.1 Å². The van der Waals surface area contributed by atoms with Crippen LogP contribution in [0.4, 0.5) is 0 Å². The lowest BCUT2D eigenvalue weighted by molar-refractivity contribution is 0.0731. The number of amides is 1. The second-order valence-electron chi connectivity index (χ2n) is 5.19. The zero-order valence-electron chi connectivity index (χ0n) is 12.3. The Labute approximate surface area is 120 Å². The molecule has 1 N–H and O–H groups in total. The molecule has 0 aliphatic carbocycles. The van der Waals surface area contributed by atoms with Gasteiger partial charge in [-0.05, 0) is 26.2 Å². The van der Waals surface area contributed by atoms with Gasteiger partial charge in [-0.2, -0.15) is 0 Å². The molecule has 0 radical (unpaired) electrons. The topological polar surface area (TPSA) is 44.8 Å². The lowest BCUT2D eigenvalue weighted by Gasteiger charge is -2.28. The van der Waals surface area contributed by atoms with E-state index in [-0.39, 0.29) is 5.91 Å². The number of para-hydroxylation sites is 1. The largest absolute Gasteiger partial charge is 0.491 e. The van der Waals surface area contributed by atoms with E-state index in [2.05, 4.69) is 10.2 Å². The summed E-state index contributed by atoms with van der Waals surface area (Å²) in [5.41, 5.74) is 0.660. The fourth-order valence-corrected chi connectivity index (χ4v) is 2.15. The van der Waals surface area contributed by atoms with E-state index in [1.807, 2.05) is 43.3 Å². The summed E-state index contributed by atoms with van der Waals surface area (Å²) in [5.74, 6) is 0.741. The second kappa shape index (κ2) is 7.26. The number of carbonyl (C=O) groups excluding carboxylic acids is 1. The highest BCUT2D eigenvalue weighted by molar-refractivity contribution is 5.97. The van der Waals surface area contributed by atoms with Crippen LogP contribution < -0.4 is 10.1 Å². The summed E-state index contributed by atoms with van der Waals surface area (Å²) in [5, 5.41) is 3.25. The molecule has 5 nitrogen and oxygen atoms in total. The van der Waals surface area contributed by atoms with Crippen molar-refractivity contribution in [2.24, 2.45) is 0 Å². The van der Waals surface area contributed by atoms with Crippen molar-refractivity contribution in [3.63, 3.8) is 0 Å². The molecule has 0 unspecified atom stereocenters. The van der Waals surface area contributed by atoms with Crippen LogP contribution in [0.2, 0.25) is 0 Å². The van der Waals surface area contributed by atoms with E-state index >= 15 is 0 Å². The highest BCUT2D eigenvalue weighted by atomic mass is 16.5. The van der Waals surface area contributed by atoms with Gasteiger partial charge in [0.15, 0.2) is 0 Å². The van der Waals surface area contributed by atoms with Crippen LogP contribution in [-0.2, 0) is 0 Å². The van der Waals surface area contributed by atoms with E-state index in [0.29, 0.717) is 17.9 Å². The van der Waals surface area contributed by atoms with Gasteiger partial charge >= 0.3 is 0 Å². The lowest BCUT2D eigenvalue weighted by atomic mass is 10.1. The van der Waals surface area contributed by atoms with Crippen molar-refractivity contribution in [1.82, 2.24) is 15.1 Å². The van der Waals surface area contributed by atoms with E-state index < -0.39 is 0 Å². The van der Waals surface area contributed by atoms with Crippen LogP contribution in [0.1, 0.15) is 10.4 Å². The predicted molar refractivity (Wildman–Crippen MR) is 79.3 cm³/mol.